The van der Waals surface area contributed by atoms with E-state index in [1.54, 1.807) is 0 Å². The lowest BCUT2D eigenvalue weighted by Gasteiger charge is -2.00. The van der Waals surface area contributed by atoms with Crippen molar-refractivity contribution in [3.63, 3.8) is 0 Å². The van der Waals surface area contributed by atoms with Crippen molar-refractivity contribution in [1.29, 1.82) is 0 Å². The van der Waals surface area contributed by atoms with Crippen LogP contribution >= 0.6 is 0 Å². The first-order valence-corrected chi connectivity index (χ1v) is 3.25. The van der Waals surface area contributed by atoms with Gasteiger partial charge >= 0.3 is 0 Å². The predicted molar refractivity (Wildman–Crippen MR) is 41.0 cm³/mol. The highest BCUT2D eigenvalue weighted by atomic mass is 14.9. The van der Waals surface area contributed by atoms with Crippen LogP contribution in [-0.2, 0) is 0 Å². The van der Waals surface area contributed by atoms with Gasteiger partial charge < -0.3 is 5.73 Å². The fraction of sp³-hybridized carbons (Fsp3) is 0.125. The first-order chi connectivity index (χ1) is 4.88. The van der Waals surface area contributed by atoms with E-state index in [0.717, 1.165) is 11.1 Å². The fourth-order valence-corrected chi connectivity index (χ4v) is 1.14. The molecule has 1 heterocycles. The second-order valence-corrected chi connectivity index (χ2v) is 2.35. The van der Waals surface area contributed by atoms with Crippen LogP contribution in [0.4, 0.5) is 0 Å². The van der Waals surface area contributed by atoms with Crippen LogP contribution in [0, 0.1) is 0 Å². The zero-order valence-electron chi connectivity index (χ0n) is 5.49. The molecule has 1 aliphatic heterocycles. The number of hydrogen-bond acceptors (Lipinski definition) is 2. The Bertz CT molecular complexity index is 278. The maximum atomic E-state index is 5.65. The molecule has 1 atom stereocenters. The van der Waals surface area contributed by atoms with Crippen LogP contribution in [0.2, 0.25) is 0 Å². The summed E-state index contributed by atoms with van der Waals surface area (Å²) in [5, 5.41) is 0. The molecule has 2 N–H and O–H groups in total. The second-order valence-electron chi connectivity index (χ2n) is 2.35. The summed E-state index contributed by atoms with van der Waals surface area (Å²) < 4.78 is 0. The quantitative estimate of drug-likeness (QED) is 0.563. The minimum absolute atomic E-state index is 0.129. The third-order valence-electron chi connectivity index (χ3n) is 1.69. The summed E-state index contributed by atoms with van der Waals surface area (Å²) >= 11 is 0. The Morgan fingerprint density at radius 3 is 2.90 bits per heavy atom. The minimum Gasteiger partial charge on any atom is -0.306 e. The topological polar surface area (TPSA) is 38.4 Å². The molecule has 0 bridgehead atoms. The number of fused-ring (bicyclic) bond motifs is 1. The van der Waals surface area contributed by atoms with Crippen LogP contribution < -0.4 is 5.73 Å². The van der Waals surface area contributed by atoms with Crippen molar-refractivity contribution in [3.8, 4) is 0 Å². The lowest BCUT2D eigenvalue weighted by atomic mass is 10.1. The second kappa shape index (κ2) is 1.92. The van der Waals surface area contributed by atoms with Crippen molar-refractivity contribution in [3.05, 3.63) is 35.4 Å². The Morgan fingerprint density at radius 1 is 1.30 bits per heavy atom. The molecule has 1 unspecified atom stereocenters. The van der Waals surface area contributed by atoms with Crippen LogP contribution in [0.5, 0.6) is 0 Å². The van der Waals surface area contributed by atoms with Crippen LogP contribution in [-0.4, -0.2) is 6.21 Å². The van der Waals surface area contributed by atoms with E-state index in [1.165, 1.54) is 0 Å². The van der Waals surface area contributed by atoms with Gasteiger partial charge in [0.05, 0.1) is 0 Å². The van der Waals surface area contributed by atoms with Gasteiger partial charge in [0.1, 0.15) is 6.17 Å². The van der Waals surface area contributed by atoms with Gasteiger partial charge in [-0.25, -0.2) is 0 Å². The zero-order valence-corrected chi connectivity index (χ0v) is 5.49. The average molecular weight is 132 g/mol. The van der Waals surface area contributed by atoms with Crippen molar-refractivity contribution < 1.29 is 0 Å². The molecule has 1 aromatic carbocycles. The third kappa shape index (κ3) is 0.660. The first-order valence-electron chi connectivity index (χ1n) is 3.25. The molecule has 2 rings (SSSR count). The smallest absolute Gasteiger partial charge is 0.123 e. The first kappa shape index (κ1) is 5.62. The van der Waals surface area contributed by atoms with E-state index in [-0.39, 0.29) is 6.17 Å². The summed E-state index contributed by atoms with van der Waals surface area (Å²) in [6.07, 6.45) is 1.69. The Labute approximate surface area is 59.4 Å². The van der Waals surface area contributed by atoms with Gasteiger partial charge in [-0.05, 0) is 11.1 Å². The lowest BCUT2D eigenvalue weighted by molar-refractivity contribution is 0.797. The summed E-state index contributed by atoms with van der Waals surface area (Å²) in [6.45, 7) is 0. The SMILES string of the molecule is NC1N=Cc2ccccc21. The standard InChI is InChI=1S/C8H8N2/c9-8-7-4-2-1-3-6(7)5-10-8/h1-5,8H,9H2. The highest BCUT2D eigenvalue weighted by Gasteiger charge is 2.11. The molecule has 0 aliphatic carbocycles. The van der Waals surface area contributed by atoms with Gasteiger partial charge in [0.15, 0.2) is 0 Å². The molecule has 2 nitrogen and oxygen atoms in total. The molecule has 0 aromatic heterocycles. The molecule has 0 amide bonds. The molecule has 0 saturated heterocycles. The summed E-state index contributed by atoms with van der Waals surface area (Å²) in [5.41, 5.74) is 7.92. The van der Waals surface area contributed by atoms with E-state index in [4.69, 9.17) is 5.73 Å². The maximum Gasteiger partial charge on any atom is 0.123 e. The lowest BCUT2D eigenvalue weighted by Crippen LogP contribution is -2.03. The normalized spacial score (nSPS) is 21.1. The van der Waals surface area contributed by atoms with Crippen molar-refractivity contribution in [1.82, 2.24) is 0 Å². The highest BCUT2D eigenvalue weighted by molar-refractivity contribution is 5.84. The summed E-state index contributed by atoms with van der Waals surface area (Å²) in [7, 11) is 0. The van der Waals surface area contributed by atoms with E-state index in [2.05, 4.69) is 4.99 Å². The molecule has 0 saturated carbocycles. The predicted octanol–water partition coefficient (Wildman–Crippen LogP) is 1.08. The number of nitrogens with two attached hydrogens (primary N) is 1. The van der Waals surface area contributed by atoms with Gasteiger partial charge in [-0.1, -0.05) is 24.3 Å². The van der Waals surface area contributed by atoms with E-state index >= 15 is 0 Å². The van der Waals surface area contributed by atoms with Crippen LogP contribution in [0.1, 0.15) is 17.3 Å². The van der Waals surface area contributed by atoms with Gasteiger partial charge in [0.25, 0.3) is 0 Å². The fourth-order valence-electron chi connectivity index (χ4n) is 1.14. The van der Waals surface area contributed by atoms with Gasteiger partial charge in [0.2, 0.25) is 0 Å². The number of nitrogens with zero attached hydrogens (tertiary/aromatic N) is 1. The maximum absolute atomic E-state index is 5.65. The van der Waals surface area contributed by atoms with E-state index in [1.807, 2.05) is 30.5 Å². The van der Waals surface area contributed by atoms with Crippen LogP contribution in [0.25, 0.3) is 0 Å². The van der Waals surface area contributed by atoms with Crippen molar-refractivity contribution in [2.75, 3.05) is 0 Å². The Hall–Kier alpha value is -1.15. The number of rotatable bonds is 0. The number of aliphatic imine (C=N–C) groups is 1. The largest absolute Gasteiger partial charge is 0.306 e. The van der Waals surface area contributed by atoms with E-state index in [9.17, 15) is 0 Å². The average Bonchev–Trinajstić information content (AvgIpc) is 2.34. The van der Waals surface area contributed by atoms with Crippen LogP contribution in [0.3, 0.4) is 0 Å². The van der Waals surface area contributed by atoms with Gasteiger partial charge in [0, 0.05) is 6.21 Å². The van der Waals surface area contributed by atoms with Gasteiger partial charge in [-0.15, -0.1) is 0 Å². The Kier molecular flexibility index (Phi) is 1.08. The van der Waals surface area contributed by atoms with E-state index < -0.39 is 0 Å². The van der Waals surface area contributed by atoms with E-state index in [0.29, 0.717) is 0 Å². The molecule has 0 fully saturated rings. The summed E-state index contributed by atoms with van der Waals surface area (Å²) in [5.74, 6) is 0. The molecule has 10 heavy (non-hydrogen) atoms. The van der Waals surface area contributed by atoms with Crippen LogP contribution in [0.15, 0.2) is 29.3 Å². The molecular formula is C8H8N2. The molecule has 2 heteroatoms. The van der Waals surface area contributed by atoms with Crippen molar-refractivity contribution >= 4 is 6.21 Å². The molecule has 0 radical (unpaired) electrons. The number of hydrogen-bond donors (Lipinski definition) is 1. The molecule has 50 valence electrons. The van der Waals surface area contributed by atoms with Gasteiger partial charge in [-0.2, -0.15) is 0 Å². The zero-order chi connectivity index (χ0) is 6.97. The van der Waals surface area contributed by atoms with Gasteiger partial charge in [-0.3, -0.25) is 4.99 Å². The summed E-state index contributed by atoms with van der Waals surface area (Å²) in [4.78, 5) is 4.06. The monoisotopic (exact) mass is 132 g/mol. The minimum atomic E-state index is -0.129. The highest BCUT2D eigenvalue weighted by Crippen LogP contribution is 2.20. The summed E-state index contributed by atoms with van der Waals surface area (Å²) in [6, 6.07) is 8.00. The van der Waals surface area contributed by atoms with Crippen molar-refractivity contribution in [2.45, 2.75) is 6.17 Å². The Morgan fingerprint density at radius 2 is 2.10 bits per heavy atom. The number of benzene rings is 1. The molecular weight excluding hydrogens is 124 g/mol. The third-order valence-corrected chi connectivity index (χ3v) is 1.69. The Balaban J connectivity index is 2.59. The molecule has 1 aliphatic rings. The molecule has 0 spiro atoms. The molecule has 1 aromatic rings. The van der Waals surface area contributed by atoms with Crippen molar-refractivity contribution in [2.24, 2.45) is 10.7 Å².